The molecule has 5 rings (SSSR count). The number of carbonyl (C=O) groups excluding carboxylic acids is 1. The molecule has 1 aromatic heterocycles. The van der Waals surface area contributed by atoms with E-state index in [0.717, 1.165) is 27.5 Å². The third-order valence-electron chi connectivity index (χ3n) is 4.83. The van der Waals surface area contributed by atoms with Crippen LogP contribution in [-0.2, 0) is 11.8 Å². The molecule has 1 N–H and O–H groups in total. The molecule has 4 nitrogen and oxygen atoms in total. The second kappa shape index (κ2) is 6.69. The number of rotatable bonds is 2. The van der Waals surface area contributed by atoms with E-state index in [1.165, 1.54) is 17.1 Å². The van der Waals surface area contributed by atoms with Crippen LogP contribution in [0.15, 0.2) is 82.8 Å². The summed E-state index contributed by atoms with van der Waals surface area (Å²) in [6, 6.07) is 22.4. The predicted octanol–water partition coefficient (Wildman–Crippen LogP) is 5.22. The molecule has 4 aromatic rings. The lowest BCUT2D eigenvalue weighted by molar-refractivity contribution is -0.115. The van der Waals surface area contributed by atoms with Crippen LogP contribution in [0.1, 0.15) is 5.56 Å². The average molecular weight is 383 g/mol. The van der Waals surface area contributed by atoms with Crippen LogP contribution in [0, 0.1) is 0 Å². The fourth-order valence-corrected chi connectivity index (χ4v) is 4.31. The Balaban J connectivity index is 1.47. The van der Waals surface area contributed by atoms with Crippen molar-refractivity contribution in [1.29, 1.82) is 0 Å². The molecule has 1 aliphatic heterocycles. The van der Waals surface area contributed by atoms with Crippen molar-refractivity contribution in [2.45, 2.75) is 0 Å². The number of thioether (sulfide) groups is 1. The molecule has 5 heteroatoms. The van der Waals surface area contributed by atoms with Gasteiger partial charge in [-0.25, -0.2) is 4.99 Å². The van der Waals surface area contributed by atoms with Crippen LogP contribution < -0.4 is 5.32 Å². The quantitative estimate of drug-likeness (QED) is 0.482. The summed E-state index contributed by atoms with van der Waals surface area (Å²) >= 11 is 1.37. The standard InChI is InChI=1S/C23H17N3OS/c1-26-14-17(19-8-4-5-9-20(19)26)13-21-22(27)25-23(28-21)24-18-11-10-15-6-2-3-7-16(15)12-18/h2-14H,1H3,(H,24,25,27). The van der Waals surface area contributed by atoms with Gasteiger partial charge in [-0.15, -0.1) is 0 Å². The van der Waals surface area contributed by atoms with Gasteiger partial charge in [-0.05, 0) is 46.8 Å². The molecule has 3 aromatic carbocycles. The summed E-state index contributed by atoms with van der Waals surface area (Å²) in [5.74, 6) is -0.113. The van der Waals surface area contributed by atoms with Gasteiger partial charge in [-0.2, -0.15) is 0 Å². The highest BCUT2D eigenvalue weighted by Crippen LogP contribution is 2.31. The van der Waals surface area contributed by atoms with Gasteiger partial charge in [-0.1, -0.05) is 48.5 Å². The van der Waals surface area contributed by atoms with Crippen LogP contribution in [0.25, 0.3) is 27.8 Å². The molecule has 1 saturated heterocycles. The number of carbonyl (C=O) groups is 1. The van der Waals surface area contributed by atoms with E-state index in [-0.39, 0.29) is 5.91 Å². The van der Waals surface area contributed by atoms with Crippen molar-refractivity contribution in [2.24, 2.45) is 12.0 Å². The van der Waals surface area contributed by atoms with Crippen LogP contribution in [0.3, 0.4) is 0 Å². The molecule has 0 aliphatic carbocycles. The second-order valence-electron chi connectivity index (χ2n) is 6.73. The molecule has 0 saturated carbocycles. The smallest absolute Gasteiger partial charge is 0.264 e. The minimum absolute atomic E-state index is 0.113. The van der Waals surface area contributed by atoms with Crippen molar-refractivity contribution in [1.82, 2.24) is 9.88 Å². The zero-order valence-corrected chi connectivity index (χ0v) is 16.0. The Morgan fingerprint density at radius 1 is 1.00 bits per heavy atom. The number of aliphatic imine (C=N–C) groups is 1. The first kappa shape index (κ1) is 16.8. The minimum Gasteiger partial charge on any atom is -0.350 e. The van der Waals surface area contributed by atoms with Gasteiger partial charge in [0.25, 0.3) is 5.91 Å². The summed E-state index contributed by atoms with van der Waals surface area (Å²) in [6.45, 7) is 0. The van der Waals surface area contributed by atoms with Gasteiger partial charge < -0.3 is 9.88 Å². The van der Waals surface area contributed by atoms with E-state index in [4.69, 9.17) is 0 Å². The maximum atomic E-state index is 12.4. The minimum atomic E-state index is -0.113. The van der Waals surface area contributed by atoms with Gasteiger partial charge in [0.15, 0.2) is 5.17 Å². The Hall–Kier alpha value is -3.31. The van der Waals surface area contributed by atoms with Gasteiger partial charge in [-0.3, -0.25) is 4.79 Å². The van der Waals surface area contributed by atoms with Crippen molar-refractivity contribution in [3.8, 4) is 0 Å². The van der Waals surface area contributed by atoms with Crippen molar-refractivity contribution in [3.05, 3.63) is 83.4 Å². The molecule has 0 radical (unpaired) electrons. The van der Waals surface area contributed by atoms with E-state index >= 15 is 0 Å². The fourth-order valence-electron chi connectivity index (χ4n) is 3.47. The number of nitrogens with zero attached hydrogens (tertiary/aromatic N) is 2. The number of amides is 1. The molecule has 1 aliphatic rings. The third kappa shape index (κ3) is 3.00. The summed E-state index contributed by atoms with van der Waals surface area (Å²) < 4.78 is 2.07. The summed E-state index contributed by atoms with van der Waals surface area (Å²) in [7, 11) is 2.01. The van der Waals surface area contributed by atoms with Gasteiger partial charge in [0.1, 0.15) is 0 Å². The number of benzene rings is 3. The first-order valence-electron chi connectivity index (χ1n) is 9.00. The lowest BCUT2D eigenvalue weighted by Crippen LogP contribution is -2.19. The van der Waals surface area contributed by atoms with Crippen molar-refractivity contribution >= 4 is 56.3 Å². The van der Waals surface area contributed by atoms with E-state index in [2.05, 4.69) is 39.1 Å². The van der Waals surface area contributed by atoms with Crippen LogP contribution in [0.4, 0.5) is 5.69 Å². The number of hydrogen-bond donors (Lipinski definition) is 1. The lowest BCUT2D eigenvalue weighted by atomic mass is 10.1. The Morgan fingerprint density at radius 3 is 2.68 bits per heavy atom. The Labute approximate surface area is 166 Å². The van der Waals surface area contributed by atoms with E-state index in [9.17, 15) is 4.79 Å². The molecular weight excluding hydrogens is 366 g/mol. The lowest BCUT2D eigenvalue weighted by Gasteiger charge is -2.00. The highest BCUT2D eigenvalue weighted by atomic mass is 32.2. The molecule has 0 unspecified atom stereocenters. The highest BCUT2D eigenvalue weighted by Gasteiger charge is 2.24. The number of amidine groups is 1. The zero-order valence-electron chi connectivity index (χ0n) is 15.2. The van der Waals surface area contributed by atoms with Crippen LogP contribution in [0.2, 0.25) is 0 Å². The molecule has 2 heterocycles. The third-order valence-corrected chi connectivity index (χ3v) is 5.74. The molecule has 0 atom stereocenters. The van der Waals surface area contributed by atoms with Crippen molar-refractivity contribution in [3.63, 3.8) is 0 Å². The van der Waals surface area contributed by atoms with Crippen molar-refractivity contribution in [2.75, 3.05) is 0 Å². The first-order chi connectivity index (χ1) is 13.7. The zero-order chi connectivity index (χ0) is 19.1. The van der Waals surface area contributed by atoms with Gasteiger partial charge in [0, 0.05) is 29.7 Å². The normalized spacial score (nSPS) is 17.1. The number of nitrogens with one attached hydrogen (secondary N) is 1. The van der Waals surface area contributed by atoms with Gasteiger partial charge in [0.2, 0.25) is 0 Å². The van der Waals surface area contributed by atoms with E-state index < -0.39 is 0 Å². The molecule has 136 valence electrons. The van der Waals surface area contributed by atoms with E-state index in [1.54, 1.807) is 0 Å². The monoisotopic (exact) mass is 383 g/mol. The summed E-state index contributed by atoms with van der Waals surface area (Å²) in [5.41, 5.74) is 3.00. The van der Waals surface area contributed by atoms with Crippen LogP contribution in [-0.4, -0.2) is 15.6 Å². The molecule has 1 amide bonds. The number of hydrogen-bond acceptors (Lipinski definition) is 3. The number of aromatic nitrogens is 1. The van der Waals surface area contributed by atoms with Crippen molar-refractivity contribution < 1.29 is 4.79 Å². The molecular formula is C23H17N3OS. The predicted molar refractivity (Wildman–Crippen MR) is 118 cm³/mol. The Bertz CT molecular complexity index is 1300. The molecule has 1 fully saturated rings. The molecule has 0 spiro atoms. The second-order valence-corrected chi connectivity index (χ2v) is 7.76. The maximum Gasteiger partial charge on any atom is 0.264 e. The van der Waals surface area contributed by atoms with Gasteiger partial charge >= 0.3 is 0 Å². The van der Waals surface area contributed by atoms with E-state index in [1.807, 2.05) is 61.8 Å². The largest absolute Gasteiger partial charge is 0.350 e. The highest BCUT2D eigenvalue weighted by molar-refractivity contribution is 8.18. The van der Waals surface area contributed by atoms with Crippen LogP contribution >= 0.6 is 11.8 Å². The van der Waals surface area contributed by atoms with E-state index in [0.29, 0.717) is 10.1 Å². The molecule has 0 bridgehead atoms. The SMILES string of the molecule is Cn1cc(C=C2SC(=Nc3ccc4ccccc4c3)NC2=O)c2ccccc21. The van der Waals surface area contributed by atoms with Crippen LogP contribution in [0.5, 0.6) is 0 Å². The number of aryl methyl sites for hydroxylation is 1. The maximum absolute atomic E-state index is 12.4. The topological polar surface area (TPSA) is 46.4 Å². The Morgan fingerprint density at radius 2 is 1.79 bits per heavy atom. The fraction of sp³-hybridized carbons (Fsp3) is 0.0435. The first-order valence-corrected chi connectivity index (χ1v) is 9.81. The summed E-state index contributed by atoms with van der Waals surface area (Å²) in [4.78, 5) is 17.7. The molecule has 28 heavy (non-hydrogen) atoms. The van der Waals surface area contributed by atoms with Gasteiger partial charge in [0.05, 0.1) is 10.6 Å². The number of para-hydroxylation sites is 1. The number of fused-ring (bicyclic) bond motifs is 2. The Kier molecular flexibility index (Phi) is 4.02. The average Bonchev–Trinajstić information content (AvgIpc) is 3.21. The summed E-state index contributed by atoms with van der Waals surface area (Å²) in [6.07, 6.45) is 3.98. The summed E-state index contributed by atoms with van der Waals surface area (Å²) in [5, 5.41) is 6.91.